The number of halogens is 1. The van der Waals surface area contributed by atoms with Gasteiger partial charge in [0.25, 0.3) is 0 Å². The molecule has 0 bridgehead atoms. The minimum atomic E-state index is -0.347. The van der Waals surface area contributed by atoms with Gasteiger partial charge in [-0.25, -0.2) is 0 Å². The molecule has 0 fully saturated rings. The van der Waals surface area contributed by atoms with E-state index in [0.717, 1.165) is 0 Å². The first-order valence-corrected chi connectivity index (χ1v) is 8.40. The second-order valence-corrected chi connectivity index (χ2v) is 8.13. The number of benzene rings is 1. The van der Waals surface area contributed by atoms with Crippen LogP contribution in [0.3, 0.4) is 0 Å². The molecule has 0 amide bonds. The third kappa shape index (κ3) is 3.20. The molecule has 1 aromatic carbocycles. The molecule has 0 saturated heterocycles. The Labute approximate surface area is 82.1 Å². The quantitative estimate of drug-likeness (QED) is 0.451. The SMILES string of the molecule is C=C[Si](I)Cc1ccccc1. The highest BCUT2D eigenvalue weighted by molar-refractivity contribution is 14.1. The molecule has 0 atom stereocenters. The molecule has 0 spiro atoms. The summed E-state index contributed by atoms with van der Waals surface area (Å²) < 4.78 is 0. The normalized spacial score (nSPS) is 10.0. The highest BCUT2D eigenvalue weighted by Crippen LogP contribution is 2.06. The molecule has 0 aromatic heterocycles. The summed E-state index contributed by atoms with van der Waals surface area (Å²) in [6.45, 7) is 3.79. The van der Waals surface area contributed by atoms with Crippen LogP contribution in [0.25, 0.3) is 0 Å². The highest BCUT2D eigenvalue weighted by Gasteiger charge is 2.01. The number of rotatable bonds is 3. The molecular weight excluding hydrogens is 263 g/mol. The van der Waals surface area contributed by atoms with Gasteiger partial charge in [-0.3, -0.25) is 0 Å². The third-order valence-electron chi connectivity index (χ3n) is 1.44. The molecule has 1 rings (SSSR count). The molecule has 0 heterocycles. The summed E-state index contributed by atoms with van der Waals surface area (Å²) in [5.41, 5.74) is 3.51. The summed E-state index contributed by atoms with van der Waals surface area (Å²) in [5, 5.41) is 0. The third-order valence-corrected chi connectivity index (χ3v) is 5.09. The van der Waals surface area contributed by atoms with Crippen molar-refractivity contribution in [1.82, 2.24) is 0 Å². The Morgan fingerprint density at radius 1 is 1.36 bits per heavy atom. The van der Waals surface area contributed by atoms with E-state index in [4.69, 9.17) is 0 Å². The van der Waals surface area contributed by atoms with Gasteiger partial charge in [0, 0.05) is 0 Å². The zero-order valence-corrected chi connectivity index (χ0v) is 9.41. The summed E-state index contributed by atoms with van der Waals surface area (Å²) >= 11 is 2.49. The maximum absolute atomic E-state index is 3.79. The lowest BCUT2D eigenvalue weighted by Gasteiger charge is -2.00. The van der Waals surface area contributed by atoms with E-state index in [-0.39, 0.29) is 6.29 Å². The molecule has 57 valence electrons. The topological polar surface area (TPSA) is 0 Å². The largest absolute Gasteiger partial charge is 0.160 e. The van der Waals surface area contributed by atoms with E-state index in [0.29, 0.717) is 0 Å². The Morgan fingerprint density at radius 2 is 2.00 bits per heavy atom. The van der Waals surface area contributed by atoms with E-state index in [9.17, 15) is 0 Å². The van der Waals surface area contributed by atoms with E-state index in [2.05, 4.69) is 64.4 Å². The fraction of sp³-hybridized carbons (Fsp3) is 0.111. The van der Waals surface area contributed by atoms with E-state index >= 15 is 0 Å². The van der Waals surface area contributed by atoms with Crippen LogP contribution < -0.4 is 0 Å². The summed E-state index contributed by atoms with van der Waals surface area (Å²) in [4.78, 5) is 0. The van der Waals surface area contributed by atoms with Crippen molar-refractivity contribution in [2.24, 2.45) is 0 Å². The second-order valence-electron chi connectivity index (χ2n) is 2.31. The predicted octanol–water partition coefficient (Wildman–Crippen LogP) is 2.92. The Hall–Kier alpha value is -0.0931. The van der Waals surface area contributed by atoms with Crippen LogP contribution in [0, 0.1) is 0 Å². The van der Waals surface area contributed by atoms with Crippen molar-refractivity contribution in [3.05, 3.63) is 48.2 Å². The van der Waals surface area contributed by atoms with Crippen LogP contribution in [0.2, 0.25) is 0 Å². The van der Waals surface area contributed by atoms with Crippen molar-refractivity contribution in [1.29, 1.82) is 0 Å². The van der Waals surface area contributed by atoms with E-state index in [1.165, 1.54) is 11.6 Å². The van der Waals surface area contributed by atoms with Crippen molar-refractivity contribution >= 4 is 28.1 Å². The summed E-state index contributed by atoms with van der Waals surface area (Å²) in [6.07, 6.45) is -0.347. The van der Waals surface area contributed by atoms with Crippen LogP contribution in [0.1, 0.15) is 5.56 Å². The summed E-state index contributed by atoms with van der Waals surface area (Å²) in [7, 11) is 0. The van der Waals surface area contributed by atoms with E-state index < -0.39 is 0 Å². The molecule has 0 aliphatic rings. The molecule has 1 radical (unpaired) electrons. The second kappa shape index (κ2) is 4.72. The van der Waals surface area contributed by atoms with Crippen LogP contribution in [0.4, 0.5) is 0 Å². The minimum Gasteiger partial charge on any atom is -0.115 e. The van der Waals surface area contributed by atoms with Crippen LogP contribution >= 0.6 is 21.8 Å². The Morgan fingerprint density at radius 3 is 2.55 bits per heavy atom. The Bertz CT molecular complexity index is 220. The standard InChI is InChI=1S/C9H10ISi/c1-2-11(10)8-9-6-4-3-5-7-9/h2-7H,1,8H2. The van der Waals surface area contributed by atoms with Crippen molar-refractivity contribution in [3.8, 4) is 0 Å². The van der Waals surface area contributed by atoms with Gasteiger partial charge in [-0.1, -0.05) is 36.0 Å². The minimum absolute atomic E-state index is 0.347. The van der Waals surface area contributed by atoms with Gasteiger partial charge in [0.1, 0.15) is 0 Å². The Balaban J connectivity index is 2.57. The molecule has 0 N–H and O–H groups in total. The van der Waals surface area contributed by atoms with Gasteiger partial charge in [0.2, 0.25) is 0 Å². The fourth-order valence-electron chi connectivity index (χ4n) is 0.863. The lowest BCUT2D eigenvalue weighted by Crippen LogP contribution is -2.03. The molecular formula is C9H10ISi. The number of hydrogen-bond donors (Lipinski definition) is 0. The molecule has 0 saturated carbocycles. The van der Waals surface area contributed by atoms with Crippen LogP contribution in [-0.2, 0) is 6.04 Å². The van der Waals surface area contributed by atoms with Gasteiger partial charge in [0.05, 0.1) is 0 Å². The van der Waals surface area contributed by atoms with Crippen LogP contribution in [-0.4, -0.2) is 6.29 Å². The van der Waals surface area contributed by atoms with Gasteiger partial charge >= 0.3 is 0 Å². The maximum Gasteiger partial charge on any atom is 0.160 e. The first-order chi connectivity index (χ1) is 5.33. The zero-order valence-electron chi connectivity index (χ0n) is 6.26. The first-order valence-electron chi connectivity index (χ1n) is 3.50. The first kappa shape index (κ1) is 9.00. The Kier molecular flexibility index (Phi) is 3.86. The van der Waals surface area contributed by atoms with Gasteiger partial charge in [-0.05, 0) is 11.6 Å². The van der Waals surface area contributed by atoms with Crippen molar-refractivity contribution in [2.75, 3.05) is 0 Å². The smallest absolute Gasteiger partial charge is 0.115 e. The van der Waals surface area contributed by atoms with E-state index in [1.54, 1.807) is 0 Å². The van der Waals surface area contributed by atoms with Crippen molar-refractivity contribution in [2.45, 2.75) is 6.04 Å². The average molecular weight is 273 g/mol. The van der Waals surface area contributed by atoms with Crippen molar-refractivity contribution < 1.29 is 0 Å². The summed E-state index contributed by atoms with van der Waals surface area (Å²) in [5.74, 6) is 0. The molecule has 11 heavy (non-hydrogen) atoms. The molecule has 2 heteroatoms. The van der Waals surface area contributed by atoms with Gasteiger partial charge < -0.3 is 0 Å². The maximum atomic E-state index is 3.79. The van der Waals surface area contributed by atoms with E-state index in [1.807, 2.05) is 0 Å². The lowest BCUT2D eigenvalue weighted by atomic mass is 10.2. The van der Waals surface area contributed by atoms with Gasteiger partial charge in [-0.15, -0.1) is 28.4 Å². The molecule has 0 aliphatic carbocycles. The van der Waals surface area contributed by atoms with Crippen LogP contribution in [0.5, 0.6) is 0 Å². The molecule has 0 aliphatic heterocycles. The monoisotopic (exact) mass is 273 g/mol. The molecule has 1 aromatic rings. The van der Waals surface area contributed by atoms with Gasteiger partial charge in [0.15, 0.2) is 6.29 Å². The summed E-state index contributed by atoms with van der Waals surface area (Å²) in [6, 6.07) is 11.8. The fourth-order valence-corrected chi connectivity index (χ4v) is 2.95. The molecule has 0 unspecified atom stereocenters. The highest BCUT2D eigenvalue weighted by atomic mass is 127. The van der Waals surface area contributed by atoms with Gasteiger partial charge in [-0.2, -0.15) is 0 Å². The predicted molar refractivity (Wildman–Crippen MR) is 60.1 cm³/mol. The molecule has 0 nitrogen and oxygen atoms in total. The zero-order chi connectivity index (χ0) is 8.10. The van der Waals surface area contributed by atoms with Crippen molar-refractivity contribution in [3.63, 3.8) is 0 Å². The lowest BCUT2D eigenvalue weighted by molar-refractivity contribution is 1.39. The number of hydrogen-bond acceptors (Lipinski definition) is 0. The van der Waals surface area contributed by atoms with Crippen LogP contribution in [0.15, 0.2) is 42.6 Å². The average Bonchev–Trinajstić information content (AvgIpc) is 2.06.